The molecule has 1 N–H and O–H groups in total. The standard InChI is InChI=1S/C30H42N5O4/c1-28(2,3)21-17-20(18-24(27(21)37)35-31-22-11-9-10-12-23(22)32-35)13-14-26(36)39-16-15-25-30(6,7)33(8)29(4,5)19-34(25)38/h9-12,17-18,25,37H,13-16,19H2,1-8H3/q-1. The van der Waals surface area contributed by atoms with Gasteiger partial charge >= 0.3 is 5.97 Å². The fraction of sp³-hybridized carbons (Fsp3) is 0.567. The van der Waals surface area contributed by atoms with Crippen LogP contribution < -0.4 is 0 Å². The quantitative estimate of drug-likeness (QED) is 0.422. The van der Waals surface area contributed by atoms with Crippen LogP contribution in [0.4, 0.5) is 0 Å². The van der Waals surface area contributed by atoms with Crippen molar-refractivity contribution in [2.24, 2.45) is 0 Å². The van der Waals surface area contributed by atoms with Crippen LogP contribution in [-0.4, -0.2) is 73.4 Å². The molecule has 39 heavy (non-hydrogen) atoms. The lowest BCUT2D eigenvalue weighted by molar-refractivity contribution is -0.145. The Kier molecular flexibility index (Phi) is 7.82. The third-order valence-corrected chi connectivity index (χ3v) is 8.21. The highest BCUT2D eigenvalue weighted by Crippen LogP contribution is 2.37. The van der Waals surface area contributed by atoms with Crippen molar-refractivity contribution in [2.45, 2.75) is 90.3 Å². The molecule has 1 aromatic heterocycles. The lowest BCUT2D eigenvalue weighted by atomic mass is 9.82. The molecule has 1 saturated heterocycles. The average molecular weight is 537 g/mol. The molecule has 0 saturated carbocycles. The van der Waals surface area contributed by atoms with Crippen LogP contribution in [0.3, 0.4) is 0 Å². The Balaban J connectivity index is 1.44. The maximum atomic E-state index is 12.8. The number of ether oxygens (including phenoxy) is 1. The molecule has 1 aliphatic rings. The third kappa shape index (κ3) is 5.95. The molecule has 9 heteroatoms. The number of aryl methyl sites for hydroxylation is 1. The Labute approximate surface area is 231 Å². The zero-order valence-electron chi connectivity index (χ0n) is 24.5. The van der Waals surface area contributed by atoms with Gasteiger partial charge in [-0.05, 0) is 76.8 Å². The summed E-state index contributed by atoms with van der Waals surface area (Å²) in [6.07, 6.45) is 1.10. The fourth-order valence-corrected chi connectivity index (χ4v) is 5.57. The maximum absolute atomic E-state index is 12.8. The lowest BCUT2D eigenvalue weighted by Gasteiger charge is -2.62. The van der Waals surface area contributed by atoms with E-state index in [1.807, 2.05) is 64.2 Å². The first kappa shape index (κ1) is 29.0. The van der Waals surface area contributed by atoms with Crippen molar-refractivity contribution in [1.29, 1.82) is 0 Å². The number of piperazine rings is 1. The number of carbonyl (C=O) groups excluding carboxylic acids is 1. The highest BCUT2D eigenvalue weighted by Gasteiger charge is 2.45. The molecule has 0 radical (unpaired) electrons. The monoisotopic (exact) mass is 536 g/mol. The normalized spacial score (nSPS) is 19.9. The highest BCUT2D eigenvalue weighted by atomic mass is 16.5. The van der Waals surface area contributed by atoms with E-state index in [4.69, 9.17) is 4.74 Å². The molecule has 212 valence electrons. The van der Waals surface area contributed by atoms with E-state index in [1.54, 1.807) is 0 Å². The third-order valence-electron chi connectivity index (χ3n) is 8.21. The van der Waals surface area contributed by atoms with Gasteiger partial charge in [0.25, 0.3) is 0 Å². The number of aromatic hydroxyl groups is 1. The van der Waals surface area contributed by atoms with Gasteiger partial charge in [-0.3, -0.25) is 9.69 Å². The second kappa shape index (κ2) is 10.5. The zero-order chi connectivity index (χ0) is 28.8. The molecule has 9 nitrogen and oxygen atoms in total. The van der Waals surface area contributed by atoms with Crippen LogP contribution in [0.25, 0.3) is 16.7 Å². The summed E-state index contributed by atoms with van der Waals surface area (Å²) in [5, 5.41) is 34.2. The average Bonchev–Trinajstić information content (AvgIpc) is 3.27. The van der Waals surface area contributed by atoms with Crippen LogP contribution in [0.5, 0.6) is 5.75 Å². The number of phenols is 1. The molecule has 1 fully saturated rings. The van der Waals surface area contributed by atoms with Gasteiger partial charge in [0, 0.05) is 35.6 Å². The number of carbonyl (C=O) groups is 1. The Bertz CT molecular complexity index is 1310. The van der Waals surface area contributed by atoms with E-state index in [9.17, 15) is 15.1 Å². The zero-order valence-corrected chi connectivity index (χ0v) is 24.5. The van der Waals surface area contributed by atoms with Crippen LogP contribution in [-0.2, 0) is 21.4 Å². The molecule has 0 spiro atoms. The first-order chi connectivity index (χ1) is 18.1. The Morgan fingerprint density at radius 1 is 1.13 bits per heavy atom. The van der Waals surface area contributed by atoms with Crippen molar-refractivity contribution < 1.29 is 14.6 Å². The molecule has 0 aliphatic carbocycles. The predicted molar refractivity (Wildman–Crippen MR) is 153 cm³/mol. The molecule has 1 unspecified atom stereocenters. The van der Waals surface area contributed by atoms with Crippen molar-refractivity contribution in [2.75, 3.05) is 20.2 Å². The number of phenolic OH excluding ortho intramolecular Hbond substituents is 1. The topological polar surface area (TPSA) is 107 Å². The summed E-state index contributed by atoms with van der Waals surface area (Å²) in [4.78, 5) is 16.4. The largest absolute Gasteiger partial charge is 0.785 e. The van der Waals surface area contributed by atoms with E-state index in [0.29, 0.717) is 25.1 Å². The maximum Gasteiger partial charge on any atom is 0.306 e. The Morgan fingerprint density at radius 2 is 1.74 bits per heavy atom. The molecule has 2 heterocycles. The van der Waals surface area contributed by atoms with E-state index in [-0.39, 0.29) is 47.3 Å². The number of benzene rings is 2. The van der Waals surface area contributed by atoms with Gasteiger partial charge in [-0.25, -0.2) is 0 Å². The second-order valence-corrected chi connectivity index (χ2v) is 12.9. The SMILES string of the molecule is CN1C(C)(C)CN([O-])C(CCOC(=O)CCc2cc(-n3nc4ccccc4n3)c(O)c(C(C)(C)C)c2)C1(C)C. The molecular formula is C30H42N5O4-. The number of esters is 1. The second-order valence-electron chi connectivity index (χ2n) is 12.9. The van der Waals surface area contributed by atoms with Crippen LogP contribution in [0.2, 0.25) is 0 Å². The van der Waals surface area contributed by atoms with Gasteiger partial charge < -0.3 is 20.1 Å². The highest BCUT2D eigenvalue weighted by molar-refractivity contribution is 5.74. The minimum absolute atomic E-state index is 0.125. The van der Waals surface area contributed by atoms with Gasteiger partial charge in [0.15, 0.2) is 0 Å². The minimum Gasteiger partial charge on any atom is -0.785 e. The van der Waals surface area contributed by atoms with Crippen LogP contribution in [0.1, 0.15) is 72.4 Å². The molecule has 2 aromatic carbocycles. The fourth-order valence-electron chi connectivity index (χ4n) is 5.57. The van der Waals surface area contributed by atoms with Crippen molar-refractivity contribution in [1.82, 2.24) is 25.0 Å². The number of hydrogen-bond acceptors (Lipinski definition) is 8. The van der Waals surface area contributed by atoms with E-state index >= 15 is 0 Å². The van der Waals surface area contributed by atoms with Gasteiger partial charge in [0.1, 0.15) is 22.5 Å². The number of hydrogen-bond donors (Lipinski definition) is 1. The number of nitrogens with zero attached hydrogens (tertiary/aromatic N) is 5. The summed E-state index contributed by atoms with van der Waals surface area (Å²) in [6.45, 7) is 15.0. The number of hydroxylamine groups is 2. The van der Waals surface area contributed by atoms with E-state index < -0.39 is 0 Å². The number of likely N-dealkylation sites (N-methyl/N-ethyl adjacent to an activating group) is 1. The first-order valence-corrected chi connectivity index (χ1v) is 13.6. The van der Waals surface area contributed by atoms with Crippen LogP contribution >= 0.6 is 0 Å². The predicted octanol–water partition coefficient (Wildman–Crippen LogP) is 4.96. The number of fused-ring (bicyclic) bond motifs is 1. The summed E-state index contributed by atoms with van der Waals surface area (Å²) in [5.74, 6) is -0.191. The summed E-state index contributed by atoms with van der Waals surface area (Å²) in [5.41, 5.74) is 2.66. The number of rotatable bonds is 7. The Hall–Kier alpha value is -3.01. The summed E-state index contributed by atoms with van der Waals surface area (Å²) >= 11 is 0. The van der Waals surface area contributed by atoms with Crippen LogP contribution in [0.15, 0.2) is 36.4 Å². The summed E-state index contributed by atoms with van der Waals surface area (Å²) in [7, 11) is 2.05. The number of aromatic nitrogens is 3. The Morgan fingerprint density at radius 3 is 2.33 bits per heavy atom. The van der Waals surface area contributed by atoms with Crippen molar-refractivity contribution in [3.05, 3.63) is 52.7 Å². The van der Waals surface area contributed by atoms with Gasteiger partial charge in [0.05, 0.1) is 6.61 Å². The molecule has 1 aliphatic heterocycles. The van der Waals surface area contributed by atoms with Gasteiger partial charge in [-0.2, -0.15) is 0 Å². The molecule has 4 rings (SSSR count). The summed E-state index contributed by atoms with van der Waals surface area (Å²) in [6, 6.07) is 11.0. The van der Waals surface area contributed by atoms with Crippen molar-refractivity contribution in [3.63, 3.8) is 0 Å². The molecule has 1 atom stereocenters. The molecular weight excluding hydrogens is 494 g/mol. The first-order valence-electron chi connectivity index (χ1n) is 13.6. The molecule has 3 aromatic rings. The lowest BCUT2D eigenvalue weighted by Crippen LogP contribution is -2.70. The van der Waals surface area contributed by atoms with Gasteiger partial charge in [0.2, 0.25) is 0 Å². The van der Waals surface area contributed by atoms with Crippen LogP contribution in [0, 0.1) is 5.21 Å². The van der Waals surface area contributed by atoms with E-state index in [2.05, 4.69) is 42.8 Å². The molecule has 0 amide bonds. The summed E-state index contributed by atoms with van der Waals surface area (Å²) < 4.78 is 5.57. The minimum atomic E-state index is -0.354. The molecule has 0 bridgehead atoms. The van der Waals surface area contributed by atoms with Gasteiger partial charge in [-0.1, -0.05) is 39.0 Å². The van der Waals surface area contributed by atoms with E-state index in [1.165, 1.54) is 4.80 Å². The van der Waals surface area contributed by atoms with E-state index in [0.717, 1.165) is 27.2 Å². The smallest absolute Gasteiger partial charge is 0.306 e. The van der Waals surface area contributed by atoms with Crippen molar-refractivity contribution >= 4 is 17.0 Å². The van der Waals surface area contributed by atoms with Crippen molar-refractivity contribution in [3.8, 4) is 11.4 Å². The van der Waals surface area contributed by atoms with Gasteiger partial charge in [-0.15, -0.1) is 15.0 Å².